The number of fused-ring (bicyclic) bond motifs is 1. The van der Waals surface area contributed by atoms with Crippen molar-refractivity contribution in [2.24, 2.45) is 5.92 Å². The monoisotopic (exact) mass is 457 g/mol. The number of nitrogens with zero attached hydrogens (tertiary/aromatic N) is 1. The lowest BCUT2D eigenvalue weighted by Crippen LogP contribution is -2.12. The van der Waals surface area contributed by atoms with E-state index < -0.39 is 11.9 Å². The molecule has 160 valence electrons. The summed E-state index contributed by atoms with van der Waals surface area (Å²) in [5.41, 5.74) is 0.161. The molecule has 2 aromatic carbocycles. The van der Waals surface area contributed by atoms with Gasteiger partial charge >= 0.3 is 11.9 Å². The molecule has 0 amide bonds. The van der Waals surface area contributed by atoms with Crippen LogP contribution in [0, 0.1) is 17.2 Å². The van der Waals surface area contributed by atoms with Crippen molar-refractivity contribution in [3.63, 3.8) is 0 Å². The number of carbonyl (C=O) groups excluding carboxylic acids is 2. The molecule has 9 heteroatoms. The number of phenolic OH excluding ortho intramolecular Hbond substituents is 1. The van der Waals surface area contributed by atoms with Crippen molar-refractivity contribution in [3.05, 3.63) is 51.8 Å². The smallest absolute Gasteiger partial charge is 0.350 e. The van der Waals surface area contributed by atoms with Gasteiger partial charge in [-0.05, 0) is 42.3 Å². The van der Waals surface area contributed by atoms with E-state index in [0.29, 0.717) is 19.8 Å². The molecular weight excluding hydrogens is 438 g/mol. The topological polar surface area (TPSA) is 106 Å². The van der Waals surface area contributed by atoms with E-state index in [1.54, 1.807) is 12.1 Å². The summed E-state index contributed by atoms with van der Waals surface area (Å²) in [7, 11) is 1.51. The third kappa shape index (κ3) is 5.16. The molecule has 0 aromatic heterocycles. The molecule has 1 aliphatic heterocycles. The van der Waals surface area contributed by atoms with Crippen LogP contribution in [0.4, 0.5) is 0 Å². The number of aromatic hydroxyl groups is 1. The lowest BCUT2D eigenvalue weighted by atomic mass is 10.2. The molecular formula is C22H19NO6S2. The minimum absolute atomic E-state index is 0.0389. The standard InChI is InChI=1S/C22H19NO6S2/c1-12(2)11-28-21(26)15(10-23)22-30-18-16(27-3)8-9-17(19(18)31-22)29-20(25)13-4-6-14(24)7-5-13/h4-9,12,24H,11H2,1-3H3/b22-15-. The Morgan fingerprint density at radius 2 is 1.68 bits per heavy atom. The zero-order valence-corrected chi connectivity index (χ0v) is 18.6. The Morgan fingerprint density at radius 1 is 1.06 bits per heavy atom. The highest BCUT2D eigenvalue weighted by Gasteiger charge is 2.31. The van der Waals surface area contributed by atoms with Gasteiger partial charge in [-0.2, -0.15) is 5.26 Å². The van der Waals surface area contributed by atoms with Crippen molar-refractivity contribution in [2.75, 3.05) is 13.7 Å². The number of hydrogen-bond acceptors (Lipinski definition) is 9. The number of benzene rings is 2. The van der Waals surface area contributed by atoms with Gasteiger partial charge in [-0.25, -0.2) is 9.59 Å². The number of thioether (sulfide) groups is 2. The predicted molar refractivity (Wildman–Crippen MR) is 116 cm³/mol. The van der Waals surface area contributed by atoms with Crippen LogP contribution in [0.15, 0.2) is 56.0 Å². The molecule has 0 fully saturated rings. The van der Waals surface area contributed by atoms with Crippen LogP contribution in [0.3, 0.4) is 0 Å². The number of ether oxygens (including phenoxy) is 3. The Labute approximate surface area is 188 Å². The van der Waals surface area contributed by atoms with E-state index in [-0.39, 0.29) is 35.2 Å². The number of methoxy groups -OCH3 is 1. The van der Waals surface area contributed by atoms with Crippen LogP contribution < -0.4 is 9.47 Å². The van der Waals surface area contributed by atoms with Gasteiger partial charge in [-0.15, -0.1) is 0 Å². The normalized spacial score (nSPS) is 13.9. The molecule has 1 aliphatic rings. The maximum absolute atomic E-state index is 12.5. The Hall–Kier alpha value is -3.09. The molecule has 2 aromatic rings. The van der Waals surface area contributed by atoms with Gasteiger partial charge in [-0.3, -0.25) is 0 Å². The maximum atomic E-state index is 12.5. The zero-order valence-electron chi connectivity index (χ0n) is 17.0. The quantitative estimate of drug-likeness (QED) is 0.285. The number of nitriles is 1. The summed E-state index contributed by atoms with van der Waals surface area (Å²) in [5, 5.41) is 18.9. The highest BCUT2D eigenvalue weighted by atomic mass is 32.2. The number of carbonyl (C=O) groups is 2. The average molecular weight is 458 g/mol. The fourth-order valence-corrected chi connectivity index (χ4v) is 5.11. The number of hydrogen-bond donors (Lipinski definition) is 1. The van der Waals surface area contributed by atoms with Gasteiger partial charge in [-0.1, -0.05) is 37.4 Å². The highest BCUT2D eigenvalue weighted by molar-refractivity contribution is 8.24. The van der Waals surface area contributed by atoms with Crippen molar-refractivity contribution < 1.29 is 28.9 Å². The van der Waals surface area contributed by atoms with E-state index in [1.165, 1.54) is 43.1 Å². The van der Waals surface area contributed by atoms with Crippen molar-refractivity contribution in [3.8, 4) is 23.3 Å². The van der Waals surface area contributed by atoms with Gasteiger partial charge in [0.25, 0.3) is 0 Å². The lowest BCUT2D eigenvalue weighted by Gasteiger charge is -2.10. The molecule has 7 nitrogen and oxygen atoms in total. The first-order valence-electron chi connectivity index (χ1n) is 9.23. The molecule has 1 N–H and O–H groups in total. The van der Waals surface area contributed by atoms with Gasteiger partial charge < -0.3 is 19.3 Å². The van der Waals surface area contributed by atoms with E-state index in [4.69, 9.17) is 14.2 Å². The minimum atomic E-state index is -0.694. The van der Waals surface area contributed by atoms with Crippen LogP contribution in [-0.4, -0.2) is 30.8 Å². The molecule has 1 heterocycles. The van der Waals surface area contributed by atoms with E-state index in [2.05, 4.69) is 0 Å². The number of esters is 2. The van der Waals surface area contributed by atoms with E-state index in [1.807, 2.05) is 19.9 Å². The van der Waals surface area contributed by atoms with Crippen molar-refractivity contribution in [2.45, 2.75) is 23.6 Å². The van der Waals surface area contributed by atoms with Gasteiger partial charge in [0.2, 0.25) is 0 Å². The maximum Gasteiger partial charge on any atom is 0.350 e. The number of phenols is 1. The SMILES string of the molecule is COc1ccc(OC(=O)c2ccc(O)cc2)c2c1S/C(=C(\C#N)C(=O)OCC(C)C)S2. The average Bonchev–Trinajstić information content (AvgIpc) is 3.18. The second-order valence-electron chi connectivity index (χ2n) is 6.83. The molecule has 0 aliphatic carbocycles. The molecule has 0 saturated carbocycles. The molecule has 3 rings (SSSR count). The second-order valence-corrected chi connectivity index (χ2v) is 9.13. The first kappa shape index (κ1) is 22.6. The zero-order chi connectivity index (χ0) is 22.5. The minimum Gasteiger partial charge on any atom is -0.508 e. The Morgan fingerprint density at radius 3 is 2.26 bits per heavy atom. The van der Waals surface area contributed by atoms with Crippen molar-refractivity contribution >= 4 is 35.5 Å². The van der Waals surface area contributed by atoms with Crippen LogP contribution >= 0.6 is 23.5 Å². The van der Waals surface area contributed by atoms with E-state index in [0.717, 1.165) is 11.8 Å². The fourth-order valence-electron chi connectivity index (χ4n) is 2.51. The number of rotatable bonds is 6. The summed E-state index contributed by atoms with van der Waals surface area (Å²) in [5.74, 6) is -0.320. The summed E-state index contributed by atoms with van der Waals surface area (Å²) in [6.07, 6.45) is 0. The molecule has 0 unspecified atom stereocenters. The first-order valence-corrected chi connectivity index (χ1v) is 10.9. The van der Waals surface area contributed by atoms with Crippen molar-refractivity contribution in [1.29, 1.82) is 5.26 Å². The van der Waals surface area contributed by atoms with Crippen LogP contribution in [0.1, 0.15) is 24.2 Å². The second kappa shape index (κ2) is 9.81. The Kier molecular flexibility index (Phi) is 7.15. The third-order valence-corrected chi connectivity index (χ3v) is 6.65. The molecule has 0 saturated heterocycles. The molecule has 31 heavy (non-hydrogen) atoms. The lowest BCUT2D eigenvalue weighted by molar-refractivity contribution is -0.139. The van der Waals surface area contributed by atoms with Crippen LogP contribution in [-0.2, 0) is 9.53 Å². The largest absolute Gasteiger partial charge is 0.508 e. The summed E-state index contributed by atoms with van der Waals surface area (Å²) in [6.45, 7) is 4.01. The predicted octanol–water partition coefficient (Wildman–Crippen LogP) is 4.75. The summed E-state index contributed by atoms with van der Waals surface area (Å²) < 4.78 is 16.6. The Bertz CT molecular complexity index is 1090. The first-order chi connectivity index (χ1) is 14.8. The van der Waals surface area contributed by atoms with Crippen molar-refractivity contribution in [1.82, 2.24) is 0 Å². The van der Waals surface area contributed by atoms with Gasteiger partial charge in [0.05, 0.1) is 33.3 Å². The molecule has 0 spiro atoms. The summed E-state index contributed by atoms with van der Waals surface area (Å²) >= 11 is 2.34. The van der Waals surface area contributed by atoms with Crippen LogP contribution in [0.5, 0.6) is 17.2 Å². The Balaban J connectivity index is 1.91. The van der Waals surface area contributed by atoms with Crippen LogP contribution in [0.2, 0.25) is 0 Å². The molecule has 0 radical (unpaired) electrons. The summed E-state index contributed by atoms with van der Waals surface area (Å²) in [4.78, 5) is 26.1. The van der Waals surface area contributed by atoms with Crippen LogP contribution in [0.25, 0.3) is 0 Å². The fraction of sp³-hybridized carbons (Fsp3) is 0.227. The van der Waals surface area contributed by atoms with E-state index in [9.17, 15) is 20.0 Å². The van der Waals surface area contributed by atoms with Gasteiger partial charge in [0.1, 0.15) is 23.3 Å². The molecule has 0 atom stereocenters. The van der Waals surface area contributed by atoms with Gasteiger partial charge in [0.15, 0.2) is 5.57 Å². The third-order valence-electron chi connectivity index (χ3n) is 4.02. The van der Waals surface area contributed by atoms with Gasteiger partial charge in [0, 0.05) is 0 Å². The highest BCUT2D eigenvalue weighted by Crippen LogP contribution is 2.58. The summed E-state index contributed by atoms with van der Waals surface area (Å²) in [6, 6.07) is 10.9. The molecule has 0 bridgehead atoms. The van der Waals surface area contributed by atoms with E-state index >= 15 is 0 Å².